The number of hydrogen-bond acceptors (Lipinski definition) is 3. The lowest BCUT2D eigenvalue weighted by Gasteiger charge is -2.39. The van der Waals surface area contributed by atoms with E-state index in [9.17, 15) is 0 Å². The first kappa shape index (κ1) is 30.6. The molecular formula is C52H35NO2. The van der Waals surface area contributed by atoms with E-state index in [1.807, 2.05) is 0 Å². The summed E-state index contributed by atoms with van der Waals surface area (Å²) in [7, 11) is 0. The van der Waals surface area contributed by atoms with E-state index < -0.39 is 5.41 Å². The Morgan fingerprint density at radius 3 is 1.78 bits per heavy atom. The number of ether oxygens (including phenoxy) is 1. The molecule has 0 N–H and O–H groups in total. The molecule has 8 aromatic carbocycles. The minimum atomic E-state index is -0.566. The van der Waals surface area contributed by atoms with Crippen molar-refractivity contribution in [2.75, 3.05) is 4.90 Å². The number of rotatable bonds is 3. The van der Waals surface area contributed by atoms with E-state index >= 15 is 0 Å². The van der Waals surface area contributed by atoms with Gasteiger partial charge in [-0.05, 0) is 105 Å². The van der Waals surface area contributed by atoms with Crippen LogP contribution in [-0.2, 0) is 10.8 Å². The molecule has 3 aliphatic rings. The van der Waals surface area contributed by atoms with Crippen molar-refractivity contribution in [3.05, 3.63) is 209 Å². The maximum atomic E-state index is 6.87. The van der Waals surface area contributed by atoms with Gasteiger partial charge < -0.3 is 14.1 Å². The van der Waals surface area contributed by atoms with Gasteiger partial charge in [0.15, 0.2) is 0 Å². The molecular weight excluding hydrogens is 671 g/mol. The molecule has 0 saturated carbocycles. The molecule has 1 aliphatic heterocycles. The molecule has 1 spiro atoms. The van der Waals surface area contributed by atoms with Gasteiger partial charge in [-0.3, -0.25) is 0 Å². The maximum absolute atomic E-state index is 6.87. The van der Waals surface area contributed by atoms with Crippen molar-refractivity contribution >= 4 is 39.0 Å². The van der Waals surface area contributed by atoms with Crippen LogP contribution in [0.3, 0.4) is 0 Å². The zero-order valence-corrected chi connectivity index (χ0v) is 30.5. The van der Waals surface area contributed by atoms with Gasteiger partial charge in [0.25, 0.3) is 0 Å². The third kappa shape index (κ3) is 3.94. The van der Waals surface area contributed by atoms with Crippen LogP contribution < -0.4 is 9.64 Å². The van der Waals surface area contributed by atoms with E-state index in [1.54, 1.807) is 0 Å². The van der Waals surface area contributed by atoms with Crippen LogP contribution >= 0.6 is 0 Å². The van der Waals surface area contributed by atoms with E-state index in [0.717, 1.165) is 61.6 Å². The predicted molar refractivity (Wildman–Crippen MR) is 223 cm³/mol. The van der Waals surface area contributed by atoms with Crippen LogP contribution in [0.1, 0.15) is 47.2 Å². The molecule has 12 rings (SSSR count). The van der Waals surface area contributed by atoms with Crippen LogP contribution in [0.4, 0.5) is 17.1 Å². The highest BCUT2D eigenvalue weighted by molar-refractivity contribution is 6.15. The summed E-state index contributed by atoms with van der Waals surface area (Å²) in [6.45, 7) is 4.69. The normalized spacial score (nSPS) is 14.8. The standard InChI is InChI=1S/C52H35NO2/c1-51(2)39-19-8-6-17-34(39)36-28-27-33(29-43(36)51)53(32-15-4-3-5-16-32)45-23-14-26-48-50(45)38-30-44-37(31-49(38)55-48)35-18-7-9-20-40(35)52(44)41-21-10-12-24-46(41)54-47-25-13-11-22-42(47)52/h3-31H,1-2H3. The Kier molecular flexibility index (Phi) is 6.05. The van der Waals surface area contributed by atoms with E-state index in [1.165, 1.54) is 44.5 Å². The molecule has 0 radical (unpaired) electrons. The molecule has 0 bridgehead atoms. The molecule has 3 heteroatoms. The molecule has 55 heavy (non-hydrogen) atoms. The fourth-order valence-electron chi connectivity index (χ4n) is 10.2. The number of nitrogens with zero attached hydrogens (tertiary/aromatic N) is 1. The molecule has 0 saturated heterocycles. The first-order valence-electron chi connectivity index (χ1n) is 19.1. The van der Waals surface area contributed by atoms with Crippen molar-refractivity contribution in [1.82, 2.24) is 0 Å². The highest BCUT2D eigenvalue weighted by atomic mass is 16.5. The summed E-state index contributed by atoms with van der Waals surface area (Å²) in [5.41, 5.74) is 16.9. The van der Waals surface area contributed by atoms with Gasteiger partial charge in [-0.25, -0.2) is 0 Å². The SMILES string of the molecule is CC1(C)c2ccccc2-c2ccc(N(c3ccccc3)c3cccc4oc5cc6c(cc5c34)C3(c4ccccc4Oc4ccccc43)c3ccccc3-6)cc21. The summed E-state index contributed by atoms with van der Waals surface area (Å²) in [5.74, 6) is 1.78. The summed E-state index contributed by atoms with van der Waals surface area (Å²) >= 11 is 0. The smallest absolute Gasteiger partial charge is 0.137 e. The summed E-state index contributed by atoms with van der Waals surface area (Å²) < 4.78 is 13.5. The second-order valence-corrected chi connectivity index (χ2v) is 15.6. The Morgan fingerprint density at radius 1 is 0.418 bits per heavy atom. The fourth-order valence-corrected chi connectivity index (χ4v) is 10.2. The summed E-state index contributed by atoms with van der Waals surface area (Å²) in [6.07, 6.45) is 0. The molecule has 2 aliphatic carbocycles. The Hall–Kier alpha value is -6.84. The zero-order chi connectivity index (χ0) is 36.5. The van der Waals surface area contributed by atoms with Crippen LogP contribution in [0.15, 0.2) is 180 Å². The topological polar surface area (TPSA) is 25.6 Å². The van der Waals surface area contributed by atoms with Gasteiger partial charge in [-0.1, -0.05) is 129 Å². The van der Waals surface area contributed by atoms with Gasteiger partial charge >= 0.3 is 0 Å². The second-order valence-electron chi connectivity index (χ2n) is 15.6. The molecule has 1 aromatic heterocycles. The second kappa shape index (κ2) is 10.9. The van der Waals surface area contributed by atoms with Crippen LogP contribution in [0.25, 0.3) is 44.2 Å². The summed E-state index contributed by atoms with van der Waals surface area (Å²) in [6, 6.07) is 63.7. The van der Waals surface area contributed by atoms with Gasteiger partial charge in [0.2, 0.25) is 0 Å². The third-order valence-corrected chi connectivity index (χ3v) is 12.5. The maximum Gasteiger partial charge on any atom is 0.137 e. The van der Waals surface area contributed by atoms with Crippen molar-refractivity contribution in [2.45, 2.75) is 24.7 Å². The Morgan fingerprint density at radius 2 is 1.04 bits per heavy atom. The van der Waals surface area contributed by atoms with E-state index in [4.69, 9.17) is 9.15 Å². The van der Waals surface area contributed by atoms with Crippen molar-refractivity contribution in [3.8, 4) is 33.8 Å². The Balaban J connectivity index is 1.15. The number of furan rings is 1. The molecule has 3 nitrogen and oxygen atoms in total. The average molecular weight is 706 g/mol. The van der Waals surface area contributed by atoms with Crippen molar-refractivity contribution in [2.24, 2.45) is 0 Å². The number of hydrogen-bond donors (Lipinski definition) is 0. The van der Waals surface area contributed by atoms with Crippen LogP contribution in [0.2, 0.25) is 0 Å². The van der Waals surface area contributed by atoms with Crippen molar-refractivity contribution in [3.63, 3.8) is 0 Å². The lowest BCUT2D eigenvalue weighted by molar-refractivity contribution is 0.436. The number of benzene rings is 8. The molecule has 0 fully saturated rings. The van der Waals surface area contributed by atoms with Crippen LogP contribution in [-0.4, -0.2) is 0 Å². The molecule has 0 amide bonds. The van der Waals surface area contributed by atoms with Crippen molar-refractivity contribution < 1.29 is 9.15 Å². The monoisotopic (exact) mass is 705 g/mol. The van der Waals surface area contributed by atoms with E-state index in [0.29, 0.717) is 0 Å². The molecule has 0 atom stereocenters. The average Bonchev–Trinajstić information content (AvgIpc) is 3.82. The van der Waals surface area contributed by atoms with E-state index in [2.05, 4.69) is 195 Å². The Bertz CT molecular complexity index is 3010. The molecule has 0 unspecified atom stereocenters. The first-order chi connectivity index (χ1) is 27.0. The highest BCUT2D eigenvalue weighted by Gasteiger charge is 2.51. The minimum absolute atomic E-state index is 0.126. The predicted octanol–water partition coefficient (Wildman–Crippen LogP) is 13.8. The molecule has 9 aromatic rings. The van der Waals surface area contributed by atoms with Crippen molar-refractivity contribution in [1.29, 1.82) is 0 Å². The minimum Gasteiger partial charge on any atom is -0.457 e. The lowest BCUT2D eigenvalue weighted by Crippen LogP contribution is -2.32. The molecule has 260 valence electrons. The summed E-state index contributed by atoms with van der Waals surface area (Å²) in [5, 5.41) is 2.18. The summed E-state index contributed by atoms with van der Waals surface area (Å²) in [4.78, 5) is 2.41. The van der Waals surface area contributed by atoms with E-state index in [-0.39, 0.29) is 5.41 Å². The van der Waals surface area contributed by atoms with Gasteiger partial charge in [0.1, 0.15) is 22.7 Å². The zero-order valence-electron chi connectivity index (χ0n) is 30.5. The van der Waals surface area contributed by atoms with Crippen LogP contribution in [0.5, 0.6) is 11.5 Å². The molecule has 2 heterocycles. The Labute approximate surface area is 319 Å². The lowest BCUT2D eigenvalue weighted by atomic mass is 9.66. The third-order valence-electron chi connectivity index (χ3n) is 12.5. The largest absolute Gasteiger partial charge is 0.457 e. The quantitative estimate of drug-likeness (QED) is 0.183. The number of fused-ring (bicyclic) bond motifs is 15. The van der Waals surface area contributed by atoms with Gasteiger partial charge in [0, 0.05) is 33.3 Å². The highest BCUT2D eigenvalue weighted by Crippen LogP contribution is 2.63. The van der Waals surface area contributed by atoms with Crippen LogP contribution in [0, 0.1) is 0 Å². The van der Waals surface area contributed by atoms with Gasteiger partial charge in [-0.2, -0.15) is 0 Å². The fraction of sp³-hybridized carbons (Fsp3) is 0.0769. The number of anilines is 3. The number of para-hydroxylation sites is 3. The van der Waals surface area contributed by atoms with Gasteiger partial charge in [-0.15, -0.1) is 0 Å². The first-order valence-corrected chi connectivity index (χ1v) is 19.1. The van der Waals surface area contributed by atoms with Gasteiger partial charge in [0.05, 0.1) is 16.5 Å².